The lowest BCUT2D eigenvalue weighted by atomic mass is 9.95. The van der Waals surface area contributed by atoms with Crippen LogP contribution in [0, 0.1) is 5.82 Å². The van der Waals surface area contributed by atoms with E-state index in [-0.39, 0.29) is 35.2 Å². The van der Waals surface area contributed by atoms with Gasteiger partial charge >= 0.3 is 0 Å². The lowest BCUT2D eigenvalue weighted by molar-refractivity contribution is 0.415. The van der Waals surface area contributed by atoms with E-state index in [2.05, 4.69) is 10.3 Å². The monoisotopic (exact) mass is 441 g/mol. The van der Waals surface area contributed by atoms with E-state index in [1.807, 2.05) is 36.4 Å². The van der Waals surface area contributed by atoms with E-state index in [0.29, 0.717) is 12.5 Å². The predicted octanol–water partition coefficient (Wildman–Crippen LogP) is 3.91. The van der Waals surface area contributed by atoms with Crippen LogP contribution in [-0.4, -0.2) is 19.6 Å². The van der Waals surface area contributed by atoms with Crippen molar-refractivity contribution in [3.8, 4) is 5.75 Å². The number of nitrogens with one attached hydrogen (secondary N) is 1. The Morgan fingerprint density at radius 2 is 1.88 bits per heavy atom. The van der Waals surface area contributed by atoms with Gasteiger partial charge < -0.3 is 15.8 Å². The van der Waals surface area contributed by atoms with Gasteiger partial charge in [-0.1, -0.05) is 18.2 Å². The summed E-state index contributed by atoms with van der Waals surface area (Å²) < 4.78 is 19.1. The van der Waals surface area contributed by atoms with Gasteiger partial charge in [-0.15, -0.1) is 24.0 Å². The van der Waals surface area contributed by atoms with Gasteiger partial charge in [0.25, 0.3) is 0 Å². The van der Waals surface area contributed by atoms with Crippen LogP contribution in [-0.2, 0) is 5.41 Å². The fraction of sp³-hybridized carbons (Fsp3) is 0.278. The van der Waals surface area contributed by atoms with Gasteiger partial charge in [0, 0.05) is 11.1 Å². The Morgan fingerprint density at radius 1 is 1.21 bits per heavy atom. The molecule has 1 saturated carbocycles. The maximum absolute atomic E-state index is 14.0. The minimum absolute atomic E-state index is 0. The molecule has 0 aromatic heterocycles. The molecule has 0 bridgehead atoms. The van der Waals surface area contributed by atoms with E-state index in [1.54, 1.807) is 13.2 Å². The number of hydrogen-bond acceptors (Lipinski definition) is 2. The predicted molar refractivity (Wildman–Crippen MR) is 106 cm³/mol. The maximum Gasteiger partial charge on any atom is 0.193 e. The molecule has 0 heterocycles. The first-order valence-electron chi connectivity index (χ1n) is 7.59. The van der Waals surface area contributed by atoms with E-state index in [0.717, 1.165) is 29.8 Å². The highest BCUT2D eigenvalue weighted by Gasteiger charge is 2.45. The molecule has 3 N–H and O–H groups in total. The number of halogens is 2. The number of nitrogens with two attached hydrogens (primary N) is 1. The van der Waals surface area contributed by atoms with Crippen LogP contribution >= 0.6 is 24.0 Å². The normalized spacial score (nSPS) is 15.3. The van der Waals surface area contributed by atoms with Crippen molar-refractivity contribution in [3.05, 3.63) is 59.9 Å². The van der Waals surface area contributed by atoms with E-state index in [4.69, 9.17) is 10.5 Å². The van der Waals surface area contributed by atoms with E-state index >= 15 is 0 Å². The summed E-state index contributed by atoms with van der Waals surface area (Å²) in [6.45, 7) is 0.489. The number of aliphatic imine (C=N–C) groups is 1. The molecule has 0 aliphatic heterocycles. The number of anilines is 1. The number of ether oxygens (including phenoxy) is 1. The average Bonchev–Trinajstić information content (AvgIpc) is 3.35. The first-order chi connectivity index (χ1) is 11.1. The van der Waals surface area contributed by atoms with Crippen LogP contribution in [0.25, 0.3) is 0 Å². The molecule has 6 heteroatoms. The third kappa shape index (κ3) is 4.17. The van der Waals surface area contributed by atoms with Gasteiger partial charge in [-0.05, 0) is 48.7 Å². The summed E-state index contributed by atoms with van der Waals surface area (Å²) in [5.74, 6) is 0.946. The van der Waals surface area contributed by atoms with Gasteiger partial charge in [0.1, 0.15) is 11.6 Å². The molecular weight excluding hydrogens is 420 g/mol. The average molecular weight is 441 g/mol. The molecular formula is C18H21FIN3O. The van der Waals surface area contributed by atoms with Gasteiger partial charge in [-0.3, -0.25) is 4.99 Å². The van der Waals surface area contributed by atoms with Gasteiger partial charge in [0.15, 0.2) is 5.96 Å². The molecule has 0 amide bonds. The standard InChI is InChI=1S/C18H20FN3O.HI/c1-23-14-8-6-13(7-9-14)22-17(20)21-12-18(10-11-18)15-4-2-3-5-16(15)19;/h2-9H,10-12H2,1H3,(H3,20,21,22);1H. The molecule has 3 rings (SSSR count). The van der Waals surface area contributed by atoms with E-state index < -0.39 is 0 Å². The molecule has 0 saturated heterocycles. The van der Waals surface area contributed by atoms with Crippen molar-refractivity contribution >= 4 is 35.6 Å². The van der Waals surface area contributed by atoms with E-state index in [9.17, 15) is 4.39 Å². The minimum Gasteiger partial charge on any atom is -0.497 e. The van der Waals surface area contributed by atoms with Crippen LogP contribution in [0.4, 0.5) is 10.1 Å². The molecule has 128 valence electrons. The van der Waals surface area contributed by atoms with Crippen LogP contribution in [0.1, 0.15) is 18.4 Å². The second-order valence-corrected chi connectivity index (χ2v) is 5.82. The third-order valence-corrected chi connectivity index (χ3v) is 4.21. The number of nitrogens with zero attached hydrogens (tertiary/aromatic N) is 1. The molecule has 1 fully saturated rings. The zero-order chi connectivity index (χ0) is 16.3. The van der Waals surface area contributed by atoms with Crippen LogP contribution in [0.5, 0.6) is 5.75 Å². The van der Waals surface area contributed by atoms with Crippen LogP contribution in [0.15, 0.2) is 53.5 Å². The van der Waals surface area contributed by atoms with Gasteiger partial charge in [0.2, 0.25) is 0 Å². The molecule has 4 nitrogen and oxygen atoms in total. The number of guanidine groups is 1. The van der Waals surface area contributed by atoms with Crippen molar-refractivity contribution in [2.24, 2.45) is 10.7 Å². The number of benzene rings is 2. The Bertz CT molecular complexity index is 714. The van der Waals surface area contributed by atoms with Crippen LogP contribution < -0.4 is 15.8 Å². The number of hydrogen-bond donors (Lipinski definition) is 2. The molecule has 0 radical (unpaired) electrons. The van der Waals surface area contributed by atoms with Crippen molar-refractivity contribution in [1.29, 1.82) is 0 Å². The highest BCUT2D eigenvalue weighted by molar-refractivity contribution is 14.0. The molecule has 0 spiro atoms. The highest BCUT2D eigenvalue weighted by Crippen LogP contribution is 2.49. The fourth-order valence-corrected chi connectivity index (χ4v) is 2.65. The smallest absolute Gasteiger partial charge is 0.193 e. The third-order valence-electron chi connectivity index (χ3n) is 4.21. The molecule has 0 unspecified atom stereocenters. The maximum atomic E-state index is 14.0. The van der Waals surface area contributed by atoms with Crippen LogP contribution in [0.3, 0.4) is 0 Å². The largest absolute Gasteiger partial charge is 0.497 e. The summed E-state index contributed by atoms with van der Waals surface area (Å²) >= 11 is 0. The first-order valence-corrected chi connectivity index (χ1v) is 7.59. The van der Waals surface area contributed by atoms with E-state index in [1.165, 1.54) is 6.07 Å². The van der Waals surface area contributed by atoms with Crippen LogP contribution in [0.2, 0.25) is 0 Å². The highest BCUT2D eigenvalue weighted by atomic mass is 127. The quantitative estimate of drug-likeness (QED) is 0.420. The lowest BCUT2D eigenvalue weighted by Crippen LogP contribution is -2.25. The van der Waals surface area contributed by atoms with Crippen molar-refractivity contribution in [2.75, 3.05) is 19.0 Å². The second kappa shape index (κ2) is 7.83. The molecule has 2 aromatic rings. The summed E-state index contributed by atoms with van der Waals surface area (Å²) in [5, 5.41) is 3.04. The minimum atomic E-state index is -0.197. The Hall–Kier alpha value is -1.83. The summed E-state index contributed by atoms with van der Waals surface area (Å²) in [6.07, 6.45) is 1.88. The van der Waals surface area contributed by atoms with Crippen molar-refractivity contribution in [3.63, 3.8) is 0 Å². The second-order valence-electron chi connectivity index (χ2n) is 5.82. The molecule has 0 atom stereocenters. The van der Waals surface area contributed by atoms with Crippen molar-refractivity contribution in [1.82, 2.24) is 0 Å². The Balaban J connectivity index is 0.00000208. The number of rotatable bonds is 5. The summed E-state index contributed by atoms with van der Waals surface area (Å²) in [7, 11) is 1.62. The fourth-order valence-electron chi connectivity index (χ4n) is 2.65. The SMILES string of the molecule is COc1ccc(NC(N)=NCC2(c3ccccc3F)CC2)cc1.I. The lowest BCUT2D eigenvalue weighted by Gasteiger charge is -2.14. The molecule has 24 heavy (non-hydrogen) atoms. The summed E-state index contributed by atoms with van der Waals surface area (Å²) in [6, 6.07) is 14.3. The molecule has 1 aliphatic carbocycles. The number of methoxy groups -OCH3 is 1. The van der Waals surface area contributed by atoms with Crippen molar-refractivity contribution < 1.29 is 9.13 Å². The topological polar surface area (TPSA) is 59.6 Å². The van der Waals surface area contributed by atoms with Gasteiger partial charge in [-0.2, -0.15) is 0 Å². The van der Waals surface area contributed by atoms with Gasteiger partial charge in [-0.25, -0.2) is 4.39 Å². The Kier molecular flexibility index (Phi) is 6.04. The Morgan fingerprint density at radius 3 is 2.46 bits per heavy atom. The summed E-state index contributed by atoms with van der Waals surface area (Å²) in [5.41, 5.74) is 7.32. The summed E-state index contributed by atoms with van der Waals surface area (Å²) in [4.78, 5) is 4.40. The Labute approximate surface area is 158 Å². The molecule has 1 aliphatic rings. The van der Waals surface area contributed by atoms with Crippen molar-refractivity contribution in [2.45, 2.75) is 18.3 Å². The zero-order valence-electron chi connectivity index (χ0n) is 13.5. The molecule has 2 aromatic carbocycles. The zero-order valence-corrected chi connectivity index (χ0v) is 15.8. The van der Waals surface area contributed by atoms with Gasteiger partial charge in [0.05, 0.1) is 13.7 Å². The first kappa shape index (κ1) is 18.5.